The number of hydrogen-bond acceptors (Lipinski definition) is 6. The highest BCUT2D eigenvalue weighted by Crippen LogP contribution is 2.24. The zero-order valence-electron chi connectivity index (χ0n) is 15.1. The molecule has 1 N–H and O–H groups in total. The first-order valence-electron chi connectivity index (χ1n) is 8.65. The van der Waals surface area contributed by atoms with E-state index < -0.39 is 18.5 Å². The van der Waals surface area contributed by atoms with Crippen molar-refractivity contribution in [3.8, 4) is 10.6 Å². The van der Waals surface area contributed by atoms with E-state index in [1.165, 1.54) is 23.1 Å². The number of amides is 1. The van der Waals surface area contributed by atoms with Gasteiger partial charge in [-0.05, 0) is 24.1 Å². The molecule has 0 aliphatic heterocycles. The molecule has 0 fully saturated rings. The number of aryl methyl sites for hydroxylation is 1. The Morgan fingerprint density at radius 2 is 2.00 bits per heavy atom. The number of anilines is 1. The molecule has 1 aromatic carbocycles. The second-order valence-corrected chi connectivity index (χ2v) is 7.14. The summed E-state index contributed by atoms with van der Waals surface area (Å²) in [4.78, 5) is 32.2. The highest BCUT2D eigenvalue weighted by molar-refractivity contribution is 7.13. The predicted octanol–water partition coefficient (Wildman–Crippen LogP) is 4.15. The van der Waals surface area contributed by atoms with E-state index in [-0.39, 0.29) is 11.6 Å². The molecule has 0 bridgehead atoms. The second kappa shape index (κ2) is 9.43. The van der Waals surface area contributed by atoms with Gasteiger partial charge in [0.2, 0.25) is 0 Å². The summed E-state index contributed by atoms with van der Waals surface area (Å²) in [5.74, 6) is -1.01. The van der Waals surface area contributed by atoms with Gasteiger partial charge in [-0.15, -0.1) is 11.3 Å². The topological polar surface area (TPSA) is 81.2 Å². The van der Waals surface area contributed by atoms with Crippen LogP contribution in [-0.2, 0) is 27.2 Å². The lowest BCUT2D eigenvalue weighted by Crippen LogP contribution is -2.22. The highest BCUT2D eigenvalue weighted by atomic mass is 35.5. The Labute approximate surface area is 171 Å². The van der Waals surface area contributed by atoms with Crippen LogP contribution in [0.25, 0.3) is 10.6 Å². The lowest BCUT2D eigenvalue weighted by Gasteiger charge is -2.06. The third-order valence-electron chi connectivity index (χ3n) is 3.88. The maximum absolute atomic E-state index is 12.0. The number of carbonyl (C=O) groups is 2. The van der Waals surface area contributed by atoms with Crippen molar-refractivity contribution in [2.24, 2.45) is 0 Å². The molecule has 0 spiro atoms. The number of nitrogens with one attached hydrogen (secondary N) is 1. The molecule has 0 radical (unpaired) electrons. The van der Waals surface area contributed by atoms with E-state index >= 15 is 0 Å². The molecule has 1 amide bonds. The summed E-state index contributed by atoms with van der Waals surface area (Å²) in [6.45, 7) is 1.70. The predicted molar refractivity (Wildman–Crippen MR) is 109 cm³/mol. The van der Waals surface area contributed by atoms with Crippen molar-refractivity contribution in [3.05, 3.63) is 64.4 Å². The first-order chi connectivity index (χ1) is 13.5. The van der Waals surface area contributed by atoms with E-state index in [2.05, 4.69) is 34.3 Å². The van der Waals surface area contributed by atoms with Crippen molar-refractivity contribution in [3.63, 3.8) is 0 Å². The van der Waals surface area contributed by atoms with Gasteiger partial charge in [-0.1, -0.05) is 42.8 Å². The number of halogens is 1. The second-order valence-electron chi connectivity index (χ2n) is 5.92. The number of hydrogen-bond donors (Lipinski definition) is 1. The van der Waals surface area contributed by atoms with Crippen LogP contribution in [0.1, 0.15) is 18.2 Å². The van der Waals surface area contributed by atoms with E-state index in [9.17, 15) is 9.59 Å². The molecule has 6 nitrogen and oxygen atoms in total. The molecule has 2 heterocycles. The number of benzene rings is 1. The lowest BCUT2D eigenvalue weighted by atomic mass is 10.1. The molecule has 0 aliphatic carbocycles. The van der Waals surface area contributed by atoms with Gasteiger partial charge in [0, 0.05) is 17.1 Å². The van der Waals surface area contributed by atoms with Crippen LogP contribution in [-0.4, -0.2) is 28.5 Å². The minimum Gasteiger partial charge on any atom is -0.455 e. The quantitative estimate of drug-likeness (QED) is 0.463. The van der Waals surface area contributed by atoms with Gasteiger partial charge < -0.3 is 10.1 Å². The van der Waals surface area contributed by atoms with Gasteiger partial charge in [-0.3, -0.25) is 9.59 Å². The molecular weight excluding hydrogens is 398 g/mol. The molecule has 144 valence electrons. The normalized spacial score (nSPS) is 10.5. The smallest absolute Gasteiger partial charge is 0.312 e. The summed E-state index contributed by atoms with van der Waals surface area (Å²) in [6, 6.07) is 11.4. The third-order valence-corrected chi connectivity index (χ3v) is 5.13. The fraction of sp³-hybridized carbons (Fsp3) is 0.200. The number of rotatable bonds is 7. The maximum Gasteiger partial charge on any atom is 0.312 e. The zero-order valence-corrected chi connectivity index (χ0v) is 16.7. The number of esters is 1. The minimum absolute atomic E-state index is 0.00444. The fourth-order valence-electron chi connectivity index (χ4n) is 2.41. The van der Waals surface area contributed by atoms with Gasteiger partial charge in [0.1, 0.15) is 5.01 Å². The van der Waals surface area contributed by atoms with Gasteiger partial charge in [-0.2, -0.15) is 0 Å². The Morgan fingerprint density at radius 3 is 2.71 bits per heavy atom. The zero-order chi connectivity index (χ0) is 19.9. The average Bonchev–Trinajstić information content (AvgIpc) is 3.16. The summed E-state index contributed by atoms with van der Waals surface area (Å²) in [7, 11) is 0. The average molecular weight is 416 g/mol. The number of thiazole rings is 1. The molecule has 0 saturated heterocycles. The molecule has 3 rings (SSSR count). The van der Waals surface area contributed by atoms with Crippen LogP contribution in [0, 0.1) is 0 Å². The molecule has 3 aromatic rings. The van der Waals surface area contributed by atoms with Crippen LogP contribution in [0.3, 0.4) is 0 Å². The van der Waals surface area contributed by atoms with Crippen molar-refractivity contribution in [2.45, 2.75) is 19.8 Å². The lowest BCUT2D eigenvalue weighted by molar-refractivity contribution is -0.146. The van der Waals surface area contributed by atoms with Crippen molar-refractivity contribution in [1.82, 2.24) is 9.97 Å². The summed E-state index contributed by atoms with van der Waals surface area (Å²) < 4.78 is 5.02. The van der Waals surface area contributed by atoms with Crippen molar-refractivity contribution >= 4 is 40.5 Å². The first kappa shape index (κ1) is 20.0. The van der Waals surface area contributed by atoms with Gasteiger partial charge in [-0.25, -0.2) is 9.97 Å². The monoisotopic (exact) mass is 415 g/mol. The third kappa shape index (κ3) is 5.37. The Kier molecular flexibility index (Phi) is 6.73. The van der Waals surface area contributed by atoms with Gasteiger partial charge in [0.25, 0.3) is 5.91 Å². The van der Waals surface area contributed by atoms with E-state index in [0.29, 0.717) is 11.4 Å². The molecule has 0 aliphatic rings. The number of pyridine rings is 1. The van der Waals surface area contributed by atoms with Crippen LogP contribution < -0.4 is 5.32 Å². The first-order valence-corrected chi connectivity index (χ1v) is 9.90. The number of carbonyl (C=O) groups excluding carboxylic acids is 2. The summed E-state index contributed by atoms with van der Waals surface area (Å²) in [5, 5.41) is 5.37. The largest absolute Gasteiger partial charge is 0.455 e. The molecule has 8 heteroatoms. The van der Waals surface area contributed by atoms with Crippen LogP contribution in [0.15, 0.2) is 48.0 Å². The fourth-order valence-corrected chi connectivity index (χ4v) is 3.41. The SMILES string of the molecule is CCc1ccc(-c2nc(CC(=O)OCC(=O)Nc3cccnc3Cl)cs2)cc1. The number of ether oxygens (including phenoxy) is 1. The van der Waals surface area contributed by atoms with E-state index in [4.69, 9.17) is 16.3 Å². The Hall–Kier alpha value is -2.77. The van der Waals surface area contributed by atoms with E-state index in [0.717, 1.165) is 17.0 Å². The van der Waals surface area contributed by atoms with Crippen molar-refractivity contribution < 1.29 is 14.3 Å². The molecule has 2 aromatic heterocycles. The van der Waals surface area contributed by atoms with Crippen molar-refractivity contribution in [1.29, 1.82) is 0 Å². The number of aromatic nitrogens is 2. The standard InChI is InChI=1S/C20H18ClN3O3S/c1-2-13-5-7-14(8-6-13)20-23-15(12-28-20)10-18(26)27-11-17(25)24-16-4-3-9-22-19(16)21/h3-9,12H,2,10-11H2,1H3,(H,24,25). The van der Waals surface area contributed by atoms with Gasteiger partial charge in [0.05, 0.1) is 17.8 Å². The van der Waals surface area contributed by atoms with Crippen LogP contribution in [0.2, 0.25) is 5.15 Å². The van der Waals surface area contributed by atoms with Crippen LogP contribution in [0.5, 0.6) is 0 Å². The van der Waals surface area contributed by atoms with Crippen LogP contribution >= 0.6 is 22.9 Å². The van der Waals surface area contributed by atoms with Gasteiger partial charge >= 0.3 is 5.97 Å². The molecule has 0 atom stereocenters. The minimum atomic E-state index is -0.523. The Bertz CT molecular complexity index is 973. The molecule has 28 heavy (non-hydrogen) atoms. The van der Waals surface area contributed by atoms with E-state index in [1.54, 1.807) is 12.1 Å². The molecule has 0 saturated carbocycles. The van der Waals surface area contributed by atoms with Crippen molar-refractivity contribution in [2.75, 3.05) is 11.9 Å². The van der Waals surface area contributed by atoms with Crippen LogP contribution in [0.4, 0.5) is 5.69 Å². The highest BCUT2D eigenvalue weighted by Gasteiger charge is 2.13. The number of nitrogens with zero attached hydrogens (tertiary/aromatic N) is 2. The molecular formula is C20H18ClN3O3S. The molecule has 0 unspecified atom stereocenters. The van der Waals surface area contributed by atoms with E-state index in [1.807, 2.05) is 17.5 Å². The Morgan fingerprint density at radius 1 is 1.21 bits per heavy atom. The maximum atomic E-state index is 12.0. The Balaban J connectivity index is 1.50. The summed E-state index contributed by atoms with van der Waals surface area (Å²) >= 11 is 7.33. The summed E-state index contributed by atoms with van der Waals surface area (Å²) in [5.41, 5.74) is 3.24. The summed E-state index contributed by atoms with van der Waals surface area (Å²) in [6.07, 6.45) is 2.50. The van der Waals surface area contributed by atoms with Gasteiger partial charge in [0.15, 0.2) is 11.8 Å².